The molecule has 0 saturated carbocycles. The largest absolute Gasteiger partial charge is 0.384 e. The Labute approximate surface area is 82.0 Å². The Kier molecular flexibility index (Phi) is 3.74. The summed E-state index contributed by atoms with van der Waals surface area (Å²) in [6.07, 6.45) is 2.51. The van der Waals surface area contributed by atoms with Gasteiger partial charge in [-0.3, -0.25) is 0 Å². The van der Waals surface area contributed by atoms with E-state index in [0.717, 1.165) is 19.1 Å². The van der Waals surface area contributed by atoms with E-state index in [0.29, 0.717) is 11.5 Å². The number of methoxy groups -OCH3 is 1. The zero-order valence-corrected chi connectivity index (χ0v) is 9.39. The molecule has 2 unspecified atom stereocenters. The Hall–Kier alpha value is -0.0800. The van der Waals surface area contributed by atoms with E-state index in [1.807, 2.05) is 0 Å². The smallest absolute Gasteiger partial charge is 0.0531 e. The van der Waals surface area contributed by atoms with Gasteiger partial charge in [0.2, 0.25) is 0 Å². The molecule has 2 heteroatoms. The molecule has 0 spiro atoms. The number of hydrogen-bond acceptors (Lipinski definition) is 2. The molecular formula is C11H23NO. The first-order chi connectivity index (χ1) is 6.08. The second-order valence-electron chi connectivity index (χ2n) is 4.97. The third-order valence-electron chi connectivity index (χ3n) is 3.11. The number of hydrogen-bond donors (Lipinski definition) is 1. The molecule has 13 heavy (non-hydrogen) atoms. The van der Waals surface area contributed by atoms with Crippen LogP contribution in [0.1, 0.15) is 33.6 Å². The molecule has 0 aromatic carbocycles. The summed E-state index contributed by atoms with van der Waals surface area (Å²) in [5, 5.41) is 3.58. The maximum atomic E-state index is 5.30. The van der Waals surface area contributed by atoms with Gasteiger partial charge in [-0.1, -0.05) is 20.8 Å². The molecule has 0 amide bonds. The van der Waals surface area contributed by atoms with E-state index >= 15 is 0 Å². The van der Waals surface area contributed by atoms with Gasteiger partial charge >= 0.3 is 0 Å². The highest BCUT2D eigenvalue weighted by molar-refractivity contribution is 4.94. The maximum Gasteiger partial charge on any atom is 0.0531 e. The monoisotopic (exact) mass is 185 g/mol. The first-order valence-corrected chi connectivity index (χ1v) is 5.31. The molecule has 1 fully saturated rings. The van der Waals surface area contributed by atoms with Gasteiger partial charge in [0.25, 0.3) is 0 Å². The van der Waals surface area contributed by atoms with E-state index in [9.17, 15) is 0 Å². The van der Waals surface area contributed by atoms with Crippen LogP contribution in [0, 0.1) is 11.3 Å². The Morgan fingerprint density at radius 1 is 1.54 bits per heavy atom. The van der Waals surface area contributed by atoms with Crippen LogP contribution in [-0.4, -0.2) is 26.3 Å². The Balaban J connectivity index is 2.51. The molecule has 1 aliphatic heterocycles. The van der Waals surface area contributed by atoms with Crippen molar-refractivity contribution >= 4 is 0 Å². The van der Waals surface area contributed by atoms with E-state index in [-0.39, 0.29) is 0 Å². The van der Waals surface area contributed by atoms with Gasteiger partial charge in [-0.25, -0.2) is 0 Å². The third-order valence-corrected chi connectivity index (χ3v) is 3.11. The molecule has 0 aromatic heterocycles. The second kappa shape index (κ2) is 4.43. The molecule has 1 aliphatic rings. The van der Waals surface area contributed by atoms with Crippen molar-refractivity contribution in [2.45, 2.75) is 39.7 Å². The predicted octanol–water partition coefficient (Wildman–Crippen LogP) is 2.05. The van der Waals surface area contributed by atoms with Crippen molar-refractivity contribution in [3.63, 3.8) is 0 Å². The standard InChI is InChI=1S/C11H23NO/c1-9(2)7-10-11(3,8-13-4)5-6-12-10/h9-10,12H,5-8H2,1-4H3. The lowest BCUT2D eigenvalue weighted by Crippen LogP contribution is -2.38. The summed E-state index contributed by atoms with van der Waals surface area (Å²) < 4.78 is 5.30. The molecule has 2 atom stereocenters. The molecule has 0 aromatic rings. The van der Waals surface area contributed by atoms with Crippen molar-refractivity contribution in [2.24, 2.45) is 11.3 Å². The van der Waals surface area contributed by atoms with Crippen LogP contribution in [0.3, 0.4) is 0 Å². The summed E-state index contributed by atoms with van der Waals surface area (Å²) in [4.78, 5) is 0. The molecule has 2 nitrogen and oxygen atoms in total. The molecular weight excluding hydrogens is 162 g/mol. The lowest BCUT2D eigenvalue weighted by molar-refractivity contribution is 0.0767. The summed E-state index contributed by atoms with van der Waals surface area (Å²) >= 11 is 0. The van der Waals surface area contributed by atoms with E-state index in [4.69, 9.17) is 4.74 Å². The van der Waals surface area contributed by atoms with Crippen molar-refractivity contribution in [3.8, 4) is 0 Å². The van der Waals surface area contributed by atoms with Crippen LogP contribution >= 0.6 is 0 Å². The van der Waals surface area contributed by atoms with Crippen molar-refractivity contribution in [1.82, 2.24) is 5.32 Å². The van der Waals surface area contributed by atoms with Crippen LogP contribution in [0.2, 0.25) is 0 Å². The predicted molar refractivity (Wildman–Crippen MR) is 55.8 cm³/mol. The molecule has 0 bridgehead atoms. The van der Waals surface area contributed by atoms with Gasteiger partial charge < -0.3 is 10.1 Å². The quantitative estimate of drug-likeness (QED) is 0.723. The van der Waals surface area contributed by atoms with Crippen molar-refractivity contribution in [2.75, 3.05) is 20.3 Å². The fraction of sp³-hybridized carbons (Fsp3) is 1.00. The third kappa shape index (κ3) is 2.68. The lowest BCUT2D eigenvalue weighted by Gasteiger charge is -2.31. The van der Waals surface area contributed by atoms with Gasteiger partial charge in [0.15, 0.2) is 0 Å². The second-order valence-corrected chi connectivity index (χ2v) is 4.97. The minimum absolute atomic E-state index is 0.360. The first kappa shape index (κ1) is 11.0. The highest BCUT2D eigenvalue weighted by atomic mass is 16.5. The number of ether oxygens (including phenoxy) is 1. The van der Waals surface area contributed by atoms with Gasteiger partial charge in [-0.05, 0) is 25.3 Å². The van der Waals surface area contributed by atoms with Gasteiger partial charge in [-0.2, -0.15) is 0 Å². The summed E-state index contributed by atoms with van der Waals surface area (Å²) in [5.74, 6) is 0.770. The van der Waals surface area contributed by atoms with Crippen LogP contribution in [0.5, 0.6) is 0 Å². The fourth-order valence-corrected chi connectivity index (χ4v) is 2.29. The first-order valence-electron chi connectivity index (χ1n) is 5.31. The normalized spacial score (nSPS) is 34.4. The molecule has 1 heterocycles. The molecule has 78 valence electrons. The molecule has 0 radical (unpaired) electrons. The number of nitrogens with one attached hydrogen (secondary N) is 1. The number of rotatable bonds is 4. The lowest BCUT2D eigenvalue weighted by atomic mass is 9.80. The maximum absolute atomic E-state index is 5.30. The van der Waals surface area contributed by atoms with Gasteiger partial charge in [0, 0.05) is 18.6 Å². The van der Waals surface area contributed by atoms with Gasteiger partial charge in [0.1, 0.15) is 0 Å². The van der Waals surface area contributed by atoms with Crippen molar-refractivity contribution in [3.05, 3.63) is 0 Å². The Bertz CT molecular complexity index is 158. The van der Waals surface area contributed by atoms with E-state index < -0.39 is 0 Å². The summed E-state index contributed by atoms with van der Waals surface area (Å²) in [7, 11) is 1.80. The average molecular weight is 185 g/mol. The SMILES string of the molecule is COCC1(C)CCNC1CC(C)C. The van der Waals surface area contributed by atoms with Crippen LogP contribution in [0.15, 0.2) is 0 Å². The van der Waals surface area contributed by atoms with Crippen LogP contribution in [-0.2, 0) is 4.74 Å². The fourth-order valence-electron chi connectivity index (χ4n) is 2.29. The van der Waals surface area contributed by atoms with Crippen molar-refractivity contribution in [1.29, 1.82) is 0 Å². The minimum atomic E-state index is 0.360. The van der Waals surface area contributed by atoms with Crippen molar-refractivity contribution < 1.29 is 4.74 Å². The van der Waals surface area contributed by atoms with Crippen LogP contribution < -0.4 is 5.32 Å². The minimum Gasteiger partial charge on any atom is -0.384 e. The topological polar surface area (TPSA) is 21.3 Å². The van der Waals surface area contributed by atoms with Crippen LogP contribution in [0.25, 0.3) is 0 Å². The van der Waals surface area contributed by atoms with E-state index in [1.165, 1.54) is 12.8 Å². The van der Waals surface area contributed by atoms with E-state index in [1.54, 1.807) is 7.11 Å². The van der Waals surface area contributed by atoms with Gasteiger partial charge in [-0.15, -0.1) is 0 Å². The van der Waals surface area contributed by atoms with Crippen LogP contribution in [0.4, 0.5) is 0 Å². The highest BCUT2D eigenvalue weighted by Crippen LogP contribution is 2.34. The molecule has 0 aliphatic carbocycles. The Morgan fingerprint density at radius 2 is 2.23 bits per heavy atom. The molecule has 1 N–H and O–H groups in total. The summed E-state index contributed by atoms with van der Waals surface area (Å²) in [6.45, 7) is 8.94. The average Bonchev–Trinajstić information content (AvgIpc) is 2.32. The molecule has 1 rings (SSSR count). The Morgan fingerprint density at radius 3 is 2.77 bits per heavy atom. The summed E-state index contributed by atoms with van der Waals surface area (Å²) in [5.41, 5.74) is 0.360. The van der Waals surface area contributed by atoms with E-state index in [2.05, 4.69) is 26.1 Å². The zero-order chi connectivity index (χ0) is 9.90. The van der Waals surface area contributed by atoms with Gasteiger partial charge in [0.05, 0.1) is 6.61 Å². The zero-order valence-electron chi connectivity index (χ0n) is 9.39. The molecule has 1 saturated heterocycles. The highest BCUT2D eigenvalue weighted by Gasteiger charge is 2.38. The summed E-state index contributed by atoms with van der Waals surface area (Å²) in [6, 6.07) is 0.646.